The Hall–Kier alpha value is -1.62. The number of para-hydroxylation sites is 1. The van der Waals surface area contributed by atoms with Gasteiger partial charge in [0, 0.05) is 18.1 Å². The van der Waals surface area contributed by atoms with Crippen molar-refractivity contribution in [3.05, 3.63) is 42.7 Å². The zero-order chi connectivity index (χ0) is 11.7. The van der Waals surface area contributed by atoms with Crippen LogP contribution in [0.25, 0.3) is 0 Å². The second kappa shape index (κ2) is 4.33. The number of halogens is 1. The quantitative estimate of drug-likeness (QED) is 0.637. The lowest BCUT2D eigenvalue weighted by molar-refractivity contribution is 0.578. The van der Waals surface area contributed by atoms with E-state index in [9.17, 15) is 0 Å². The highest BCUT2D eigenvalue weighted by Crippen LogP contribution is 2.20. The molecule has 4 nitrogen and oxygen atoms in total. The van der Waals surface area contributed by atoms with E-state index in [2.05, 4.69) is 36.1 Å². The molecule has 2 aliphatic heterocycles. The third-order valence-corrected chi connectivity index (χ3v) is 3.35. The van der Waals surface area contributed by atoms with E-state index >= 15 is 0 Å². The Morgan fingerprint density at radius 1 is 1.29 bits per heavy atom. The molecular formula is C12H11BrN4. The van der Waals surface area contributed by atoms with Crippen molar-refractivity contribution in [2.75, 3.05) is 11.9 Å². The fraction of sp³-hybridized carbons (Fsp3) is 0.167. The van der Waals surface area contributed by atoms with Gasteiger partial charge in [0.15, 0.2) is 11.7 Å². The monoisotopic (exact) mass is 290 g/mol. The average Bonchev–Trinajstić information content (AvgIpc) is 2.74. The van der Waals surface area contributed by atoms with Crippen molar-refractivity contribution in [3.8, 4) is 0 Å². The van der Waals surface area contributed by atoms with Gasteiger partial charge in [-0.25, -0.2) is 4.99 Å². The van der Waals surface area contributed by atoms with E-state index < -0.39 is 0 Å². The van der Waals surface area contributed by atoms with E-state index in [1.165, 1.54) is 0 Å². The number of benzene rings is 1. The molecule has 0 aliphatic carbocycles. The third kappa shape index (κ3) is 1.98. The first-order valence-corrected chi connectivity index (χ1v) is 6.30. The predicted octanol–water partition coefficient (Wildman–Crippen LogP) is 2.42. The summed E-state index contributed by atoms with van der Waals surface area (Å²) in [6.07, 6.45) is 3.71. The summed E-state index contributed by atoms with van der Waals surface area (Å²) in [5, 5.41) is 3.28. The van der Waals surface area contributed by atoms with Crippen LogP contribution in [0.15, 0.2) is 52.7 Å². The summed E-state index contributed by atoms with van der Waals surface area (Å²) in [4.78, 5) is 11.1. The summed E-state index contributed by atoms with van der Waals surface area (Å²) in [7, 11) is 0. The van der Waals surface area contributed by atoms with Crippen LogP contribution in [0.1, 0.15) is 0 Å². The third-order valence-electron chi connectivity index (χ3n) is 2.62. The molecule has 0 bridgehead atoms. The number of aliphatic imine (C=N–C) groups is 2. The molecule has 0 amide bonds. The fourth-order valence-electron chi connectivity index (χ4n) is 1.81. The zero-order valence-corrected chi connectivity index (χ0v) is 10.6. The highest BCUT2D eigenvalue weighted by Gasteiger charge is 2.28. The zero-order valence-electron chi connectivity index (χ0n) is 9.05. The Morgan fingerprint density at radius 2 is 2.12 bits per heavy atom. The van der Waals surface area contributed by atoms with Gasteiger partial charge in [0.2, 0.25) is 0 Å². The van der Waals surface area contributed by atoms with Crippen LogP contribution in [0.2, 0.25) is 0 Å². The van der Waals surface area contributed by atoms with Crippen molar-refractivity contribution in [2.24, 2.45) is 9.98 Å². The van der Waals surface area contributed by atoms with Gasteiger partial charge in [0.05, 0.1) is 6.54 Å². The number of alkyl halides is 1. The maximum absolute atomic E-state index is 4.47. The molecule has 1 aromatic rings. The van der Waals surface area contributed by atoms with Crippen LogP contribution in [-0.2, 0) is 0 Å². The van der Waals surface area contributed by atoms with E-state index in [-0.39, 0.29) is 4.95 Å². The minimum atomic E-state index is 0.233. The van der Waals surface area contributed by atoms with Gasteiger partial charge in [-0.15, -0.1) is 0 Å². The molecule has 1 atom stereocenters. The standard InChI is InChI=1S/C12H11BrN4/c13-10-8-15-12-11(14-6-7-17(10)12)16-9-4-2-1-3-5-9/h1-7,10H,8H2,(H,14,16). The second-order valence-electron chi connectivity index (χ2n) is 3.77. The number of hydrogen-bond donors (Lipinski definition) is 1. The average molecular weight is 291 g/mol. The molecule has 86 valence electrons. The first-order valence-electron chi connectivity index (χ1n) is 5.38. The molecule has 3 rings (SSSR count). The van der Waals surface area contributed by atoms with Gasteiger partial charge in [0.1, 0.15) is 4.95 Å². The Bertz CT molecular complexity index is 506. The molecule has 2 heterocycles. The molecule has 0 radical (unpaired) electrons. The van der Waals surface area contributed by atoms with Gasteiger partial charge in [-0.3, -0.25) is 4.99 Å². The predicted molar refractivity (Wildman–Crippen MR) is 73.5 cm³/mol. The number of anilines is 1. The van der Waals surface area contributed by atoms with Gasteiger partial charge in [0.25, 0.3) is 0 Å². The van der Waals surface area contributed by atoms with Gasteiger partial charge >= 0.3 is 0 Å². The maximum atomic E-state index is 4.47. The summed E-state index contributed by atoms with van der Waals surface area (Å²) >= 11 is 3.57. The fourth-order valence-corrected chi connectivity index (χ4v) is 2.28. The van der Waals surface area contributed by atoms with Crippen LogP contribution in [-0.4, -0.2) is 28.1 Å². The lowest BCUT2D eigenvalue weighted by Gasteiger charge is -2.23. The summed E-state index contributed by atoms with van der Waals surface area (Å²) < 4.78 is 0. The Morgan fingerprint density at radius 3 is 2.94 bits per heavy atom. The summed E-state index contributed by atoms with van der Waals surface area (Å²) in [6.45, 7) is 0.745. The van der Waals surface area contributed by atoms with Crippen molar-refractivity contribution >= 4 is 33.3 Å². The molecule has 2 aliphatic rings. The van der Waals surface area contributed by atoms with E-state index in [1.807, 2.05) is 36.5 Å². The highest BCUT2D eigenvalue weighted by atomic mass is 79.9. The minimum absolute atomic E-state index is 0.233. The van der Waals surface area contributed by atoms with Crippen molar-refractivity contribution in [1.29, 1.82) is 0 Å². The van der Waals surface area contributed by atoms with E-state index in [4.69, 9.17) is 0 Å². The summed E-state index contributed by atoms with van der Waals surface area (Å²) in [5.74, 6) is 1.68. The van der Waals surface area contributed by atoms with Crippen LogP contribution < -0.4 is 5.32 Å². The summed E-state index contributed by atoms with van der Waals surface area (Å²) in [5.41, 5.74) is 1.02. The van der Waals surface area contributed by atoms with E-state index in [1.54, 1.807) is 6.20 Å². The highest BCUT2D eigenvalue weighted by molar-refractivity contribution is 9.09. The number of amidine groups is 2. The Balaban J connectivity index is 1.85. The molecule has 0 spiro atoms. The van der Waals surface area contributed by atoms with Gasteiger partial charge in [-0.2, -0.15) is 0 Å². The van der Waals surface area contributed by atoms with Crippen LogP contribution in [0.4, 0.5) is 5.69 Å². The first kappa shape index (κ1) is 10.5. The summed E-state index contributed by atoms with van der Waals surface area (Å²) in [6, 6.07) is 9.98. The van der Waals surface area contributed by atoms with E-state index in [0.29, 0.717) is 0 Å². The molecular weight excluding hydrogens is 280 g/mol. The second-order valence-corrected chi connectivity index (χ2v) is 4.83. The minimum Gasteiger partial charge on any atom is -0.337 e. The topological polar surface area (TPSA) is 40.0 Å². The molecule has 1 N–H and O–H groups in total. The number of hydrogen-bond acceptors (Lipinski definition) is 4. The normalized spacial score (nSPS) is 21.9. The number of nitrogens with zero attached hydrogens (tertiary/aromatic N) is 3. The number of fused-ring (bicyclic) bond motifs is 1. The lowest BCUT2D eigenvalue weighted by Crippen LogP contribution is -2.38. The number of rotatable bonds is 1. The van der Waals surface area contributed by atoms with Crippen LogP contribution in [0.3, 0.4) is 0 Å². The van der Waals surface area contributed by atoms with Gasteiger partial charge in [-0.05, 0) is 12.1 Å². The van der Waals surface area contributed by atoms with E-state index in [0.717, 1.165) is 23.9 Å². The molecule has 0 aromatic heterocycles. The Labute approximate surface area is 108 Å². The molecule has 5 heteroatoms. The molecule has 1 unspecified atom stereocenters. The lowest BCUT2D eigenvalue weighted by atomic mass is 10.3. The smallest absolute Gasteiger partial charge is 0.173 e. The van der Waals surface area contributed by atoms with Crippen LogP contribution in [0, 0.1) is 0 Å². The largest absolute Gasteiger partial charge is 0.337 e. The van der Waals surface area contributed by atoms with Crippen molar-refractivity contribution in [1.82, 2.24) is 4.90 Å². The van der Waals surface area contributed by atoms with Crippen LogP contribution >= 0.6 is 15.9 Å². The first-order chi connectivity index (χ1) is 8.34. The molecule has 1 aromatic carbocycles. The van der Waals surface area contributed by atoms with Gasteiger partial charge in [-0.1, -0.05) is 34.1 Å². The number of nitrogens with one attached hydrogen (secondary N) is 1. The van der Waals surface area contributed by atoms with Gasteiger partial charge < -0.3 is 10.2 Å². The SMILES string of the molecule is BrC1CN=C2C(Nc3ccccc3)=NC=CN21. The Kier molecular flexibility index (Phi) is 2.68. The van der Waals surface area contributed by atoms with Crippen molar-refractivity contribution in [3.63, 3.8) is 0 Å². The molecule has 17 heavy (non-hydrogen) atoms. The maximum Gasteiger partial charge on any atom is 0.173 e. The van der Waals surface area contributed by atoms with Crippen molar-refractivity contribution in [2.45, 2.75) is 4.95 Å². The molecule has 0 saturated heterocycles. The van der Waals surface area contributed by atoms with Crippen molar-refractivity contribution < 1.29 is 0 Å². The van der Waals surface area contributed by atoms with Crippen LogP contribution in [0.5, 0.6) is 0 Å². The molecule has 0 fully saturated rings. The molecule has 0 saturated carbocycles.